The number of nitrogens with one attached hydrogen (secondary N) is 1. The molecule has 0 spiro atoms. The van der Waals surface area contributed by atoms with Crippen molar-refractivity contribution in [3.8, 4) is 0 Å². The summed E-state index contributed by atoms with van der Waals surface area (Å²) < 4.78 is 13.3. The Morgan fingerprint density at radius 2 is 1.88 bits per heavy atom. The minimum atomic E-state index is -0.485. The Morgan fingerprint density at radius 3 is 2.54 bits per heavy atom. The Kier molecular flexibility index (Phi) is 6.03. The normalized spacial score (nSPS) is 10.3. The quantitative estimate of drug-likeness (QED) is 0.847. The summed E-state index contributed by atoms with van der Waals surface area (Å²) in [5, 5.41) is 11.7. The van der Waals surface area contributed by atoms with E-state index in [2.05, 4.69) is 5.32 Å². The number of rotatable bonds is 6. The van der Waals surface area contributed by atoms with Gasteiger partial charge in [0.2, 0.25) is 5.91 Å². The number of aliphatic hydroxyl groups excluding tert-OH is 1. The molecule has 2 aromatic carbocycles. The van der Waals surface area contributed by atoms with Crippen LogP contribution in [0.2, 0.25) is 0 Å². The molecule has 0 bridgehead atoms. The highest BCUT2D eigenvalue weighted by atomic mass is 19.1. The van der Waals surface area contributed by atoms with Crippen LogP contribution in [0.25, 0.3) is 0 Å². The first-order valence-electron chi connectivity index (χ1n) is 7.46. The van der Waals surface area contributed by atoms with Gasteiger partial charge in [0.05, 0.1) is 13.2 Å². The fourth-order valence-electron chi connectivity index (χ4n) is 2.20. The van der Waals surface area contributed by atoms with Crippen molar-refractivity contribution in [2.75, 3.05) is 13.6 Å². The first-order chi connectivity index (χ1) is 11.5. The average Bonchev–Trinajstić information content (AvgIpc) is 2.61. The van der Waals surface area contributed by atoms with Crippen molar-refractivity contribution in [3.63, 3.8) is 0 Å². The van der Waals surface area contributed by atoms with Gasteiger partial charge in [-0.3, -0.25) is 9.59 Å². The Bertz CT molecular complexity index is 719. The predicted molar refractivity (Wildman–Crippen MR) is 87.6 cm³/mol. The van der Waals surface area contributed by atoms with Gasteiger partial charge in [-0.2, -0.15) is 0 Å². The highest BCUT2D eigenvalue weighted by molar-refractivity contribution is 5.96. The van der Waals surface area contributed by atoms with Crippen LogP contribution < -0.4 is 5.32 Å². The standard InChI is InChI=1S/C18H19FN2O3/c1-21(18(24)14-5-3-2-4-6-14)11-17(23)20-10-13-7-8-16(19)15(9-13)12-22/h2-9,22H,10-12H2,1H3,(H,20,23). The molecule has 24 heavy (non-hydrogen) atoms. The maximum absolute atomic E-state index is 13.3. The number of carbonyl (C=O) groups excluding carboxylic acids is 2. The van der Waals surface area contributed by atoms with Gasteiger partial charge in [0.15, 0.2) is 0 Å². The van der Waals surface area contributed by atoms with Crippen LogP contribution in [0.4, 0.5) is 4.39 Å². The van der Waals surface area contributed by atoms with E-state index in [9.17, 15) is 14.0 Å². The lowest BCUT2D eigenvalue weighted by Crippen LogP contribution is -2.38. The van der Waals surface area contributed by atoms with Crippen LogP contribution in [0.15, 0.2) is 48.5 Å². The maximum Gasteiger partial charge on any atom is 0.254 e. The summed E-state index contributed by atoms with van der Waals surface area (Å²) in [6, 6.07) is 13.0. The summed E-state index contributed by atoms with van der Waals surface area (Å²) in [5.41, 5.74) is 1.36. The highest BCUT2D eigenvalue weighted by Crippen LogP contribution is 2.10. The molecule has 0 unspecified atom stereocenters. The van der Waals surface area contributed by atoms with Crippen molar-refractivity contribution in [2.45, 2.75) is 13.2 Å². The van der Waals surface area contributed by atoms with Gasteiger partial charge in [0, 0.05) is 24.7 Å². The summed E-state index contributed by atoms with van der Waals surface area (Å²) in [6.45, 7) is -0.288. The van der Waals surface area contributed by atoms with Crippen LogP contribution in [0.1, 0.15) is 21.5 Å². The van der Waals surface area contributed by atoms with Crippen LogP contribution in [-0.4, -0.2) is 35.4 Å². The zero-order valence-electron chi connectivity index (χ0n) is 13.3. The summed E-state index contributed by atoms with van der Waals surface area (Å²) >= 11 is 0. The minimum Gasteiger partial charge on any atom is -0.392 e. The predicted octanol–water partition coefficient (Wildman–Crippen LogP) is 1.71. The third-order valence-electron chi connectivity index (χ3n) is 3.52. The maximum atomic E-state index is 13.3. The number of hydrogen-bond donors (Lipinski definition) is 2. The summed E-state index contributed by atoms with van der Waals surface area (Å²) in [7, 11) is 1.55. The minimum absolute atomic E-state index is 0.0816. The number of aliphatic hydroxyl groups is 1. The lowest BCUT2D eigenvalue weighted by Gasteiger charge is -2.17. The molecule has 0 heterocycles. The third-order valence-corrected chi connectivity index (χ3v) is 3.52. The third kappa shape index (κ3) is 4.63. The van der Waals surface area contributed by atoms with E-state index in [1.165, 1.54) is 23.1 Å². The van der Waals surface area contributed by atoms with E-state index in [1.54, 1.807) is 31.3 Å². The van der Waals surface area contributed by atoms with E-state index < -0.39 is 12.4 Å². The van der Waals surface area contributed by atoms with E-state index in [4.69, 9.17) is 5.11 Å². The first kappa shape index (κ1) is 17.6. The van der Waals surface area contributed by atoms with Crippen LogP contribution in [0.3, 0.4) is 0 Å². The number of nitrogens with zero attached hydrogens (tertiary/aromatic N) is 1. The number of halogens is 1. The lowest BCUT2D eigenvalue weighted by atomic mass is 10.1. The van der Waals surface area contributed by atoms with E-state index in [-0.39, 0.29) is 30.5 Å². The Balaban J connectivity index is 1.88. The smallest absolute Gasteiger partial charge is 0.254 e. The van der Waals surface area contributed by atoms with Gasteiger partial charge in [-0.25, -0.2) is 4.39 Å². The van der Waals surface area contributed by atoms with Crippen LogP contribution in [-0.2, 0) is 17.9 Å². The van der Waals surface area contributed by atoms with Crippen molar-refractivity contribution in [2.24, 2.45) is 0 Å². The molecule has 2 amide bonds. The van der Waals surface area contributed by atoms with Gasteiger partial charge >= 0.3 is 0 Å². The van der Waals surface area contributed by atoms with Crippen LogP contribution in [0, 0.1) is 5.82 Å². The van der Waals surface area contributed by atoms with Gasteiger partial charge in [0.25, 0.3) is 5.91 Å². The zero-order chi connectivity index (χ0) is 17.5. The van der Waals surface area contributed by atoms with Crippen molar-refractivity contribution in [1.82, 2.24) is 10.2 Å². The second-order valence-corrected chi connectivity index (χ2v) is 5.39. The number of hydrogen-bond acceptors (Lipinski definition) is 3. The van der Waals surface area contributed by atoms with Gasteiger partial charge < -0.3 is 15.3 Å². The molecular weight excluding hydrogens is 311 g/mol. The number of carbonyl (C=O) groups is 2. The van der Waals surface area contributed by atoms with Crippen molar-refractivity contribution < 1.29 is 19.1 Å². The molecule has 2 aromatic rings. The van der Waals surface area contributed by atoms with Gasteiger partial charge in [-0.1, -0.05) is 24.3 Å². The lowest BCUT2D eigenvalue weighted by molar-refractivity contribution is -0.121. The number of likely N-dealkylation sites (N-methyl/N-ethyl adjacent to an activating group) is 1. The van der Waals surface area contributed by atoms with Crippen LogP contribution >= 0.6 is 0 Å². The second kappa shape index (κ2) is 8.21. The van der Waals surface area contributed by atoms with Crippen molar-refractivity contribution in [3.05, 3.63) is 71.0 Å². The molecule has 5 nitrogen and oxygen atoms in total. The molecule has 0 aromatic heterocycles. The molecule has 0 aliphatic heterocycles. The fourth-order valence-corrected chi connectivity index (χ4v) is 2.20. The summed E-state index contributed by atoms with van der Waals surface area (Å²) in [4.78, 5) is 25.4. The molecule has 0 fully saturated rings. The van der Waals surface area contributed by atoms with E-state index in [0.29, 0.717) is 11.1 Å². The molecule has 0 saturated heterocycles. The van der Waals surface area contributed by atoms with Crippen molar-refractivity contribution >= 4 is 11.8 Å². The Hall–Kier alpha value is -2.73. The van der Waals surface area contributed by atoms with Gasteiger partial charge in [-0.15, -0.1) is 0 Å². The molecule has 0 aliphatic rings. The molecular formula is C18H19FN2O3. The van der Waals surface area contributed by atoms with Gasteiger partial charge in [-0.05, 0) is 29.8 Å². The van der Waals surface area contributed by atoms with E-state index >= 15 is 0 Å². The topological polar surface area (TPSA) is 69.6 Å². The largest absolute Gasteiger partial charge is 0.392 e. The number of benzene rings is 2. The summed E-state index contributed by atoms with van der Waals surface area (Å²) in [5.74, 6) is -1.05. The fraction of sp³-hybridized carbons (Fsp3) is 0.222. The summed E-state index contributed by atoms with van der Waals surface area (Å²) in [6.07, 6.45) is 0. The monoisotopic (exact) mass is 330 g/mol. The van der Waals surface area contributed by atoms with E-state index in [0.717, 1.165) is 0 Å². The van der Waals surface area contributed by atoms with Gasteiger partial charge in [0.1, 0.15) is 5.82 Å². The molecule has 2 rings (SSSR count). The zero-order valence-corrected chi connectivity index (χ0v) is 13.3. The van der Waals surface area contributed by atoms with E-state index in [1.807, 2.05) is 6.07 Å². The Labute approximate surface area is 139 Å². The van der Waals surface area contributed by atoms with Crippen molar-refractivity contribution in [1.29, 1.82) is 0 Å². The highest BCUT2D eigenvalue weighted by Gasteiger charge is 2.14. The molecule has 0 radical (unpaired) electrons. The molecule has 0 aliphatic carbocycles. The Morgan fingerprint density at radius 1 is 1.17 bits per heavy atom. The number of amides is 2. The van der Waals surface area contributed by atoms with Crippen LogP contribution in [0.5, 0.6) is 0 Å². The average molecular weight is 330 g/mol. The first-order valence-corrected chi connectivity index (χ1v) is 7.46. The molecule has 0 atom stereocenters. The molecule has 2 N–H and O–H groups in total. The SMILES string of the molecule is CN(CC(=O)NCc1ccc(F)c(CO)c1)C(=O)c1ccccc1. The molecule has 0 saturated carbocycles. The molecule has 6 heteroatoms. The second-order valence-electron chi connectivity index (χ2n) is 5.39. The molecule has 126 valence electrons.